The van der Waals surface area contributed by atoms with Crippen molar-refractivity contribution in [3.63, 3.8) is 0 Å². The van der Waals surface area contributed by atoms with E-state index < -0.39 is 10.0 Å². The summed E-state index contributed by atoms with van der Waals surface area (Å²) in [5, 5.41) is 0. The van der Waals surface area contributed by atoms with Gasteiger partial charge in [0.05, 0.1) is 4.90 Å². The first-order chi connectivity index (χ1) is 9.57. The average Bonchev–Trinajstić information content (AvgIpc) is 2.46. The zero-order valence-corrected chi connectivity index (χ0v) is 11.7. The number of anilines is 1. The Balaban J connectivity index is 1.94. The molecular formula is C14H15N3O2S. The molecule has 0 aliphatic carbocycles. The van der Waals surface area contributed by atoms with Gasteiger partial charge in [0, 0.05) is 25.4 Å². The molecule has 3 rings (SSSR count). The van der Waals surface area contributed by atoms with Gasteiger partial charge in [0.2, 0.25) is 10.0 Å². The quantitative estimate of drug-likeness (QED) is 0.907. The molecule has 1 aromatic carbocycles. The van der Waals surface area contributed by atoms with E-state index in [9.17, 15) is 8.42 Å². The first-order valence-electron chi connectivity index (χ1n) is 6.36. The lowest BCUT2D eigenvalue weighted by Crippen LogP contribution is -2.35. The van der Waals surface area contributed by atoms with Crippen molar-refractivity contribution in [3.8, 4) is 0 Å². The molecule has 0 spiro atoms. The maximum Gasteiger partial charge on any atom is 0.243 e. The van der Waals surface area contributed by atoms with Crippen LogP contribution in [-0.4, -0.2) is 24.3 Å². The highest BCUT2D eigenvalue weighted by Crippen LogP contribution is 2.25. The SMILES string of the molecule is Nc1cc(S(=O)(=O)N2CCc3ccccc3C2)ccn1. The molecule has 0 saturated carbocycles. The summed E-state index contributed by atoms with van der Waals surface area (Å²) in [6, 6.07) is 10.8. The van der Waals surface area contributed by atoms with Crippen LogP contribution in [0.15, 0.2) is 47.5 Å². The number of fused-ring (bicyclic) bond motifs is 1. The normalized spacial score (nSPS) is 15.8. The molecule has 5 nitrogen and oxygen atoms in total. The van der Waals surface area contributed by atoms with E-state index in [0.717, 1.165) is 12.0 Å². The maximum atomic E-state index is 12.6. The number of nitrogen functional groups attached to an aromatic ring is 1. The van der Waals surface area contributed by atoms with Crippen molar-refractivity contribution in [1.82, 2.24) is 9.29 Å². The Bertz CT molecular complexity index is 744. The highest BCUT2D eigenvalue weighted by molar-refractivity contribution is 7.89. The fraction of sp³-hybridized carbons (Fsp3) is 0.214. The van der Waals surface area contributed by atoms with Gasteiger partial charge in [-0.15, -0.1) is 0 Å². The van der Waals surface area contributed by atoms with Gasteiger partial charge >= 0.3 is 0 Å². The number of nitrogens with zero attached hydrogens (tertiary/aromatic N) is 2. The number of sulfonamides is 1. The van der Waals surface area contributed by atoms with E-state index in [2.05, 4.69) is 4.98 Å². The Kier molecular flexibility index (Phi) is 3.19. The second-order valence-electron chi connectivity index (χ2n) is 4.77. The van der Waals surface area contributed by atoms with Gasteiger partial charge in [0.15, 0.2) is 0 Å². The molecule has 1 aliphatic heterocycles. The Labute approximate surface area is 118 Å². The molecule has 0 fully saturated rings. The first kappa shape index (κ1) is 13.1. The van der Waals surface area contributed by atoms with Gasteiger partial charge in [-0.25, -0.2) is 13.4 Å². The summed E-state index contributed by atoms with van der Waals surface area (Å²) in [7, 11) is -3.51. The summed E-state index contributed by atoms with van der Waals surface area (Å²) in [6.45, 7) is 0.891. The number of rotatable bonds is 2. The minimum absolute atomic E-state index is 0.199. The molecule has 1 aliphatic rings. The van der Waals surface area contributed by atoms with Gasteiger partial charge in [0.25, 0.3) is 0 Å². The number of nitrogens with two attached hydrogens (primary N) is 1. The molecule has 0 amide bonds. The number of aromatic nitrogens is 1. The van der Waals surface area contributed by atoms with E-state index in [1.54, 1.807) is 0 Å². The second kappa shape index (κ2) is 4.88. The van der Waals surface area contributed by atoms with Gasteiger partial charge in [-0.3, -0.25) is 0 Å². The molecule has 0 radical (unpaired) electrons. The third-order valence-electron chi connectivity index (χ3n) is 3.49. The average molecular weight is 289 g/mol. The van der Waals surface area contributed by atoms with Crippen LogP contribution in [0.2, 0.25) is 0 Å². The van der Waals surface area contributed by atoms with Crippen LogP contribution in [0.1, 0.15) is 11.1 Å². The summed E-state index contributed by atoms with van der Waals surface area (Å²) < 4.78 is 26.7. The van der Waals surface area contributed by atoms with Crippen LogP contribution in [-0.2, 0) is 23.0 Å². The minimum Gasteiger partial charge on any atom is -0.384 e. The predicted molar refractivity (Wildman–Crippen MR) is 76.4 cm³/mol. The van der Waals surface area contributed by atoms with Crippen LogP contribution in [0, 0.1) is 0 Å². The molecule has 2 heterocycles. The van der Waals surface area contributed by atoms with Gasteiger partial charge in [-0.2, -0.15) is 4.31 Å². The third kappa shape index (κ3) is 2.28. The number of benzene rings is 1. The number of hydrogen-bond donors (Lipinski definition) is 1. The second-order valence-corrected chi connectivity index (χ2v) is 6.71. The number of hydrogen-bond acceptors (Lipinski definition) is 4. The van der Waals surface area contributed by atoms with Gasteiger partial charge in [-0.05, 0) is 23.6 Å². The number of pyridine rings is 1. The van der Waals surface area contributed by atoms with Crippen LogP contribution < -0.4 is 5.73 Å². The third-order valence-corrected chi connectivity index (χ3v) is 5.33. The molecule has 6 heteroatoms. The van der Waals surface area contributed by atoms with E-state index in [-0.39, 0.29) is 10.7 Å². The summed E-state index contributed by atoms with van der Waals surface area (Å²) >= 11 is 0. The largest absolute Gasteiger partial charge is 0.384 e. The smallest absolute Gasteiger partial charge is 0.243 e. The zero-order valence-electron chi connectivity index (χ0n) is 10.9. The molecule has 0 bridgehead atoms. The van der Waals surface area contributed by atoms with E-state index in [1.807, 2.05) is 24.3 Å². The molecule has 0 unspecified atom stereocenters. The summed E-state index contributed by atoms with van der Waals surface area (Å²) in [6.07, 6.45) is 2.15. The van der Waals surface area contributed by atoms with Crippen molar-refractivity contribution in [1.29, 1.82) is 0 Å². The van der Waals surface area contributed by atoms with Crippen molar-refractivity contribution in [2.45, 2.75) is 17.9 Å². The zero-order chi connectivity index (χ0) is 14.2. The van der Waals surface area contributed by atoms with Crippen molar-refractivity contribution < 1.29 is 8.42 Å². The Morgan fingerprint density at radius 2 is 1.90 bits per heavy atom. The highest BCUT2D eigenvalue weighted by Gasteiger charge is 2.28. The summed E-state index contributed by atoms with van der Waals surface area (Å²) in [4.78, 5) is 4.03. The monoisotopic (exact) mass is 289 g/mol. The molecular weight excluding hydrogens is 274 g/mol. The maximum absolute atomic E-state index is 12.6. The lowest BCUT2D eigenvalue weighted by Gasteiger charge is -2.28. The fourth-order valence-corrected chi connectivity index (χ4v) is 3.85. The van der Waals surface area contributed by atoms with E-state index in [4.69, 9.17) is 5.73 Å². The summed E-state index contributed by atoms with van der Waals surface area (Å²) in [5.74, 6) is 0.212. The van der Waals surface area contributed by atoms with Crippen LogP contribution in [0.3, 0.4) is 0 Å². The van der Waals surface area contributed by atoms with E-state index in [0.29, 0.717) is 13.1 Å². The molecule has 20 heavy (non-hydrogen) atoms. The fourth-order valence-electron chi connectivity index (χ4n) is 2.41. The first-order valence-corrected chi connectivity index (χ1v) is 7.80. The molecule has 0 saturated heterocycles. The van der Waals surface area contributed by atoms with E-state index in [1.165, 1.54) is 28.2 Å². The van der Waals surface area contributed by atoms with Crippen molar-refractivity contribution >= 4 is 15.8 Å². The Morgan fingerprint density at radius 1 is 1.15 bits per heavy atom. The lowest BCUT2D eigenvalue weighted by molar-refractivity contribution is 0.391. The Morgan fingerprint density at radius 3 is 2.65 bits per heavy atom. The Hall–Kier alpha value is -1.92. The van der Waals surface area contributed by atoms with E-state index >= 15 is 0 Å². The molecule has 1 aromatic heterocycles. The van der Waals surface area contributed by atoms with Crippen molar-refractivity contribution in [3.05, 3.63) is 53.7 Å². The van der Waals surface area contributed by atoms with Gasteiger partial charge in [0.1, 0.15) is 5.82 Å². The molecule has 2 N–H and O–H groups in total. The van der Waals surface area contributed by atoms with Crippen LogP contribution in [0.5, 0.6) is 0 Å². The van der Waals surface area contributed by atoms with Crippen molar-refractivity contribution in [2.24, 2.45) is 0 Å². The predicted octanol–water partition coefficient (Wildman–Crippen LogP) is 1.41. The molecule has 2 aromatic rings. The minimum atomic E-state index is -3.51. The standard InChI is InChI=1S/C14H15N3O2S/c15-14-9-13(5-7-16-14)20(18,19)17-8-6-11-3-1-2-4-12(11)10-17/h1-5,7,9H,6,8,10H2,(H2,15,16). The van der Waals surface area contributed by atoms with Gasteiger partial charge in [-0.1, -0.05) is 24.3 Å². The van der Waals surface area contributed by atoms with Crippen LogP contribution >= 0.6 is 0 Å². The van der Waals surface area contributed by atoms with Crippen LogP contribution in [0.4, 0.5) is 5.82 Å². The molecule has 0 atom stereocenters. The summed E-state index contributed by atoms with van der Waals surface area (Å²) in [5.41, 5.74) is 7.84. The lowest BCUT2D eigenvalue weighted by atomic mass is 10.0. The highest BCUT2D eigenvalue weighted by atomic mass is 32.2. The van der Waals surface area contributed by atoms with Crippen LogP contribution in [0.25, 0.3) is 0 Å². The topological polar surface area (TPSA) is 76.3 Å². The van der Waals surface area contributed by atoms with Gasteiger partial charge < -0.3 is 5.73 Å². The molecule has 104 valence electrons. The van der Waals surface area contributed by atoms with Crippen molar-refractivity contribution in [2.75, 3.05) is 12.3 Å².